The minimum absolute atomic E-state index is 0.0112. The van der Waals surface area contributed by atoms with Crippen molar-refractivity contribution >= 4 is 27.6 Å². The van der Waals surface area contributed by atoms with Crippen LogP contribution in [0.5, 0.6) is 17.2 Å². The van der Waals surface area contributed by atoms with Gasteiger partial charge in [0.2, 0.25) is 5.75 Å². The molecule has 29 heavy (non-hydrogen) atoms. The van der Waals surface area contributed by atoms with Crippen molar-refractivity contribution in [3.05, 3.63) is 52.0 Å². The number of likely N-dealkylation sites (tertiary alicyclic amines) is 1. The highest BCUT2D eigenvalue weighted by atomic mass is 79.9. The molecule has 0 saturated carbocycles. The monoisotopic (exact) mass is 459 g/mol. The summed E-state index contributed by atoms with van der Waals surface area (Å²) in [7, 11) is 3.09. The summed E-state index contributed by atoms with van der Waals surface area (Å²) in [6.45, 7) is 1.06. The van der Waals surface area contributed by atoms with Crippen LogP contribution in [0, 0.1) is 0 Å². The normalized spacial score (nSPS) is 17.5. The second-order valence-corrected chi connectivity index (χ2v) is 8.28. The molecule has 1 spiro atoms. The Hall–Kier alpha value is -2.54. The number of Topliss-reactive ketones (excluding diaryl/α,β-unsaturated/α-hetero) is 1. The average molecular weight is 460 g/mol. The molecule has 0 bridgehead atoms. The zero-order valence-electron chi connectivity index (χ0n) is 16.4. The van der Waals surface area contributed by atoms with E-state index in [2.05, 4.69) is 15.9 Å². The van der Waals surface area contributed by atoms with E-state index in [4.69, 9.17) is 14.2 Å². The lowest BCUT2D eigenvalue weighted by atomic mass is 9.82. The van der Waals surface area contributed by atoms with Crippen molar-refractivity contribution in [3.8, 4) is 17.2 Å². The topological polar surface area (TPSA) is 65.1 Å². The summed E-state index contributed by atoms with van der Waals surface area (Å²) < 4.78 is 18.1. The summed E-state index contributed by atoms with van der Waals surface area (Å²) in [4.78, 5) is 27.5. The summed E-state index contributed by atoms with van der Waals surface area (Å²) in [5.41, 5.74) is 0.534. The second kappa shape index (κ2) is 7.71. The van der Waals surface area contributed by atoms with Crippen LogP contribution in [0.2, 0.25) is 0 Å². The highest BCUT2D eigenvalue weighted by Gasteiger charge is 2.45. The van der Waals surface area contributed by atoms with E-state index in [1.54, 1.807) is 19.2 Å². The highest BCUT2D eigenvalue weighted by Crippen LogP contribution is 2.47. The zero-order chi connectivity index (χ0) is 20.6. The van der Waals surface area contributed by atoms with E-state index in [9.17, 15) is 9.59 Å². The standard InChI is InChI=1S/C22H22BrNO5/c1-27-18-7-6-16-17(25)13-22(29-19(16)20(18)28-2)8-10-24(11-9-22)21(26)14-4-3-5-15(23)12-14/h3-7,12H,8-11,13H2,1-2H3. The van der Waals surface area contributed by atoms with Crippen LogP contribution in [0.15, 0.2) is 40.9 Å². The Morgan fingerprint density at radius 1 is 1.14 bits per heavy atom. The van der Waals surface area contributed by atoms with Gasteiger partial charge in [-0.25, -0.2) is 0 Å². The van der Waals surface area contributed by atoms with Crippen LogP contribution < -0.4 is 14.2 Å². The third-order valence-electron chi connectivity index (χ3n) is 5.64. The summed E-state index contributed by atoms with van der Waals surface area (Å²) in [6.07, 6.45) is 1.46. The van der Waals surface area contributed by atoms with Gasteiger partial charge in [0.15, 0.2) is 17.3 Å². The molecular formula is C22H22BrNO5. The van der Waals surface area contributed by atoms with Crippen LogP contribution in [0.25, 0.3) is 0 Å². The first-order valence-corrected chi connectivity index (χ1v) is 10.3. The molecule has 2 aliphatic rings. The zero-order valence-corrected chi connectivity index (χ0v) is 18.0. The SMILES string of the molecule is COc1ccc2c(c1OC)OC1(CCN(C(=O)c3cccc(Br)c3)CC1)CC2=O. The van der Waals surface area contributed by atoms with Gasteiger partial charge in [-0.2, -0.15) is 0 Å². The van der Waals surface area contributed by atoms with Crippen LogP contribution in [-0.4, -0.2) is 49.5 Å². The van der Waals surface area contributed by atoms with Crippen LogP contribution in [0.1, 0.15) is 40.0 Å². The van der Waals surface area contributed by atoms with Gasteiger partial charge in [0, 0.05) is 36.0 Å². The number of ether oxygens (including phenoxy) is 3. The van der Waals surface area contributed by atoms with E-state index >= 15 is 0 Å². The minimum atomic E-state index is -0.627. The van der Waals surface area contributed by atoms with E-state index < -0.39 is 5.60 Å². The number of amides is 1. The maximum atomic E-state index is 12.8. The minimum Gasteiger partial charge on any atom is -0.493 e. The van der Waals surface area contributed by atoms with Crippen molar-refractivity contribution in [3.63, 3.8) is 0 Å². The van der Waals surface area contributed by atoms with Gasteiger partial charge in [0.05, 0.1) is 26.2 Å². The predicted octanol–water partition coefficient (Wildman–Crippen LogP) is 4.11. The van der Waals surface area contributed by atoms with E-state index in [1.165, 1.54) is 7.11 Å². The molecule has 0 radical (unpaired) electrons. The Kier molecular flexibility index (Phi) is 5.25. The molecule has 0 unspecified atom stereocenters. The van der Waals surface area contributed by atoms with Crippen molar-refractivity contribution in [2.45, 2.75) is 24.9 Å². The molecule has 152 valence electrons. The van der Waals surface area contributed by atoms with Crippen LogP contribution in [-0.2, 0) is 0 Å². The van der Waals surface area contributed by atoms with Gasteiger partial charge in [0.25, 0.3) is 5.91 Å². The molecule has 1 saturated heterocycles. The smallest absolute Gasteiger partial charge is 0.253 e. The lowest BCUT2D eigenvalue weighted by molar-refractivity contribution is -0.00746. The molecule has 0 aliphatic carbocycles. The maximum Gasteiger partial charge on any atom is 0.253 e. The summed E-state index contributed by atoms with van der Waals surface area (Å²) in [6, 6.07) is 10.8. The number of hydrogen-bond acceptors (Lipinski definition) is 5. The molecule has 0 atom stereocenters. The Morgan fingerprint density at radius 3 is 2.55 bits per heavy atom. The molecule has 7 heteroatoms. The summed E-state index contributed by atoms with van der Waals surface area (Å²) >= 11 is 3.41. The van der Waals surface area contributed by atoms with Crippen LogP contribution in [0.3, 0.4) is 0 Å². The molecule has 1 fully saturated rings. The first kappa shape index (κ1) is 19.8. The lowest BCUT2D eigenvalue weighted by Crippen LogP contribution is -2.52. The third-order valence-corrected chi connectivity index (χ3v) is 6.13. The quantitative estimate of drug-likeness (QED) is 0.690. The number of hydrogen-bond donors (Lipinski definition) is 0. The van der Waals surface area contributed by atoms with Gasteiger partial charge < -0.3 is 19.1 Å². The Labute approximate surface area is 177 Å². The molecule has 0 aromatic heterocycles. The van der Waals surface area contributed by atoms with Gasteiger partial charge in [-0.1, -0.05) is 22.0 Å². The second-order valence-electron chi connectivity index (χ2n) is 7.37. The largest absolute Gasteiger partial charge is 0.493 e. The molecular weight excluding hydrogens is 438 g/mol. The fraction of sp³-hybridized carbons (Fsp3) is 0.364. The van der Waals surface area contributed by atoms with E-state index in [1.807, 2.05) is 29.2 Å². The number of benzene rings is 2. The Balaban J connectivity index is 1.55. The molecule has 2 aliphatic heterocycles. The molecule has 4 rings (SSSR count). The van der Waals surface area contributed by atoms with Crippen molar-refractivity contribution in [1.29, 1.82) is 0 Å². The maximum absolute atomic E-state index is 12.8. The van der Waals surface area contributed by atoms with Crippen molar-refractivity contribution in [1.82, 2.24) is 4.90 Å². The molecule has 2 aromatic rings. The number of rotatable bonds is 3. The molecule has 0 N–H and O–H groups in total. The third kappa shape index (κ3) is 3.59. The van der Waals surface area contributed by atoms with Crippen LogP contribution in [0.4, 0.5) is 0 Å². The first-order chi connectivity index (χ1) is 14.0. The fourth-order valence-electron chi connectivity index (χ4n) is 4.06. The average Bonchev–Trinajstić information content (AvgIpc) is 2.73. The number of piperidine rings is 1. The van der Waals surface area contributed by atoms with Gasteiger partial charge in [-0.05, 0) is 30.3 Å². The van der Waals surface area contributed by atoms with Crippen molar-refractivity contribution in [2.75, 3.05) is 27.3 Å². The Bertz CT molecular complexity index is 966. The summed E-state index contributed by atoms with van der Waals surface area (Å²) in [5.74, 6) is 1.42. The number of carbonyl (C=O) groups excluding carboxylic acids is 2. The lowest BCUT2D eigenvalue weighted by Gasteiger charge is -2.44. The van der Waals surface area contributed by atoms with Gasteiger partial charge in [-0.15, -0.1) is 0 Å². The van der Waals surface area contributed by atoms with Crippen LogP contribution >= 0.6 is 15.9 Å². The number of methoxy groups -OCH3 is 2. The fourth-order valence-corrected chi connectivity index (χ4v) is 4.46. The molecule has 2 heterocycles. The number of nitrogens with zero attached hydrogens (tertiary/aromatic N) is 1. The number of halogens is 1. The number of carbonyl (C=O) groups is 2. The number of ketones is 1. The van der Waals surface area contributed by atoms with E-state index in [0.29, 0.717) is 60.7 Å². The van der Waals surface area contributed by atoms with Gasteiger partial charge in [-0.3, -0.25) is 9.59 Å². The predicted molar refractivity (Wildman–Crippen MR) is 111 cm³/mol. The van der Waals surface area contributed by atoms with Crippen molar-refractivity contribution in [2.24, 2.45) is 0 Å². The summed E-state index contributed by atoms with van der Waals surface area (Å²) in [5, 5.41) is 0. The first-order valence-electron chi connectivity index (χ1n) is 9.48. The Morgan fingerprint density at radius 2 is 1.90 bits per heavy atom. The van der Waals surface area contributed by atoms with E-state index in [0.717, 1.165) is 4.47 Å². The van der Waals surface area contributed by atoms with Crippen molar-refractivity contribution < 1.29 is 23.8 Å². The highest BCUT2D eigenvalue weighted by molar-refractivity contribution is 9.10. The molecule has 6 nitrogen and oxygen atoms in total. The van der Waals surface area contributed by atoms with Gasteiger partial charge >= 0.3 is 0 Å². The van der Waals surface area contributed by atoms with E-state index in [-0.39, 0.29) is 11.7 Å². The van der Waals surface area contributed by atoms with Gasteiger partial charge in [0.1, 0.15) is 5.60 Å². The molecule has 1 amide bonds. The number of fused-ring (bicyclic) bond motifs is 1. The molecule has 2 aromatic carbocycles.